The van der Waals surface area contributed by atoms with Crippen molar-refractivity contribution < 1.29 is 5.21 Å². The lowest BCUT2D eigenvalue weighted by molar-refractivity contribution is 0.318. The van der Waals surface area contributed by atoms with E-state index < -0.39 is 0 Å². The summed E-state index contributed by atoms with van der Waals surface area (Å²) in [7, 11) is 0. The Hall–Kier alpha value is -1.55. The smallest absolute Gasteiger partial charge is 0.170 e. The molecule has 0 saturated heterocycles. The second-order valence-corrected chi connectivity index (χ2v) is 5.88. The van der Waals surface area contributed by atoms with Crippen LogP contribution in [0.25, 0.3) is 0 Å². The molecule has 0 spiro atoms. The van der Waals surface area contributed by atoms with Crippen LogP contribution in [0.4, 0.5) is 0 Å². The Bertz CT molecular complexity index is 455. The predicted octanol–water partition coefficient (Wildman–Crippen LogP) is 3.00. The summed E-state index contributed by atoms with van der Waals surface area (Å²) in [5.41, 5.74) is 8.74. The predicted molar refractivity (Wildman–Crippen MR) is 84.1 cm³/mol. The first kappa shape index (κ1) is 16.5. The minimum atomic E-state index is 0.151. The summed E-state index contributed by atoms with van der Waals surface area (Å²) in [6, 6.07) is 6.38. The van der Waals surface area contributed by atoms with Gasteiger partial charge in [0.05, 0.1) is 0 Å². The normalized spacial score (nSPS) is 13.8. The number of rotatable bonds is 7. The number of nitrogens with one attached hydrogen (secondary N) is 1. The average molecular weight is 277 g/mol. The van der Waals surface area contributed by atoms with Crippen LogP contribution in [0, 0.1) is 12.8 Å². The maximum atomic E-state index is 8.68. The number of nitrogens with zero attached hydrogens (tertiary/aromatic N) is 1. The second-order valence-electron chi connectivity index (χ2n) is 5.88. The number of benzene rings is 1. The van der Waals surface area contributed by atoms with Crippen LogP contribution in [-0.2, 0) is 6.54 Å². The lowest BCUT2D eigenvalue weighted by Gasteiger charge is -2.16. The number of hydrogen-bond acceptors (Lipinski definition) is 3. The van der Waals surface area contributed by atoms with Gasteiger partial charge in [-0.3, -0.25) is 0 Å². The van der Waals surface area contributed by atoms with Crippen molar-refractivity contribution in [2.45, 2.75) is 53.1 Å². The fourth-order valence-corrected chi connectivity index (χ4v) is 2.08. The number of amidine groups is 1. The zero-order valence-corrected chi connectivity index (χ0v) is 13.0. The zero-order valence-electron chi connectivity index (χ0n) is 13.0. The van der Waals surface area contributed by atoms with Gasteiger partial charge in [-0.1, -0.05) is 31.1 Å². The van der Waals surface area contributed by atoms with E-state index in [-0.39, 0.29) is 5.84 Å². The Morgan fingerprint density at radius 1 is 1.30 bits per heavy atom. The van der Waals surface area contributed by atoms with Gasteiger partial charge in [-0.05, 0) is 49.8 Å². The SMILES string of the molecule is Cc1cc(/C(N)=N/O)ccc1CNC(C)CCC(C)C. The van der Waals surface area contributed by atoms with E-state index >= 15 is 0 Å². The third-order valence-electron chi connectivity index (χ3n) is 3.56. The van der Waals surface area contributed by atoms with Gasteiger partial charge in [0.2, 0.25) is 0 Å². The van der Waals surface area contributed by atoms with Gasteiger partial charge in [0.25, 0.3) is 0 Å². The molecule has 1 atom stereocenters. The van der Waals surface area contributed by atoms with Crippen LogP contribution >= 0.6 is 0 Å². The quantitative estimate of drug-likeness (QED) is 0.310. The number of aryl methyl sites for hydroxylation is 1. The summed E-state index contributed by atoms with van der Waals surface area (Å²) < 4.78 is 0. The van der Waals surface area contributed by atoms with Crippen molar-refractivity contribution >= 4 is 5.84 Å². The van der Waals surface area contributed by atoms with Gasteiger partial charge in [-0.15, -0.1) is 0 Å². The van der Waals surface area contributed by atoms with E-state index in [1.54, 1.807) is 0 Å². The van der Waals surface area contributed by atoms with Gasteiger partial charge < -0.3 is 16.3 Å². The summed E-state index contributed by atoms with van der Waals surface area (Å²) in [6.07, 6.45) is 2.44. The van der Waals surface area contributed by atoms with Crippen molar-refractivity contribution in [3.63, 3.8) is 0 Å². The van der Waals surface area contributed by atoms with E-state index in [0.29, 0.717) is 6.04 Å². The lowest BCUT2D eigenvalue weighted by Crippen LogP contribution is -2.26. The van der Waals surface area contributed by atoms with Crippen LogP contribution in [-0.4, -0.2) is 17.1 Å². The molecule has 0 heterocycles. The molecule has 0 aromatic heterocycles. The number of nitrogens with two attached hydrogens (primary N) is 1. The Kier molecular flexibility index (Phi) is 6.52. The molecule has 0 aliphatic rings. The molecule has 4 N–H and O–H groups in total. The molecule has 0 amide bonds. The highest BCUT2D eigenvalue weighted by molar-refractivity contribution is 5.97. The van der Waals surface area contributed by atoms with Crippen molar-refractivity contribution in [2.24, 2.45) is 16.8 Å². The van der Waals surface area contributed by atoms with Gasteiger partial charge in [-0.2, -0.15) is 0 Å². The van der Waals surface area contributed by atoms with Gasteiger partial charge in [0.1, 0.15) is 0 Å². The fourth-order valence-electron chi connectivity index (χ4n) is 2.08. The molecule has 112 valence electrons. The highest BCUT2D eigenvalue weighted by atomic mass is 16.4. The van der Waals surface area contributed by atoms with E-state index in [9.17, 15) is 0 Å². The topological polar surface area (TPSA) is 70.6 Å². The molecular weight excluding hydrogens is 250 g/mol. The summed E-state index contributed by atoms with van der Waals surface area (Å²) in [4.78, 5) is 0. The number of hydrogen-bond donors (Lipinski definition) is 3. The van der Waals surface area contributed by atoms with E-state index in [1.807, 2.05) is 25.1 Å². The maximum Gasteiger partial charge on any atom is 0.170 e. The standard InChI is InChI=1S/C16H27N3O/c1-11(2)5-6-13(4)18-10-15-8-7-14(9-12(15)3)16(17)19-20/h7-9,11,13,18,20H,5-6,10H2,1-4H3,(H2,17,19). The first-order valence-electron chi connectivity index (χ1n) is 7.24. The fraction of sp³-hybridized carbons (Fsp3) is 0.562. The van der Waals surface area contributed by atoms with E-state index in [1.165, 1.54) is 18.4 Å². The van der Waals surface area contributed by atoms with E-state index in [2.05, 4.69) is 31.2 Å². The minimum absolute atomic E-state index is 0.151. The summed E-state index contributed by atoms with van der Waals surface area (Å²) >= 11 is 0. The first-order chi connectivity index (χ1) is 9.43. The van der Waals surface area contributed by atoms with Crippen molar-refractivity contribution in [3.8, 4) is 0 Å². The zero-order chi connectivity index (χ0) is 15.1. The van der Waals surface area contributed by atoms with Gasteiger partial charge in [-0.25, -0.2) is 0 Å². The van der Waals surface area contributed by atoms with Crippen LogP contribution < -0.4 is 11.1 Å². The van der Waals surface area contributed by atoms with E-state index in [0.717, 1.165) is 23.6 Å². The average Bonchev–Trinajstić information content (AvgIpc) is 2.42. The lowest BCUT2D eigenvalue weighted by atomic mass is 10.0. The molecule has 0 aliphatic heterocycles. The molecule has 0 fully saturated rings. The highest BCUT2D eigenvalue weighted by Crippen LogP contribution is 2.12. The van der Waals surface area contributed by atoms with Crippen molar-refractivity contribution in [2.75, 3.05) is 0 Å². The largest absolute Gasteiger partial charge is 0.409 e. The van der Waals surface area contributed by atoms with Crippen molar-refractivity contribution in [1.29, 1.82) is 0 Å². The molecule has 1 aromatic rings. The maximum absolute atomic E-state index is 8.68. The van der Waals surface area contributed by atoms with E-state index in [4.69, 9.17) is 10.9 Å². The second kappa shape index (κ2) is 7.90. The summed E-state index contributed by atoms with van der Waals surface area (Å²) in [5, 5.41) is 15.2. The van der Waals surface area contributed by atoms with Crippen molar-refractivity contribution in [1.82, 2.24) is 5.32 Å². The molecule has 1 unspecified atom stereocenters. The highest BCUT2D eigenvalue weighted by Gasteiger charge is 2.06. The Balaban J connectivity index is 2.56. The Morgan fingerprint density at radius 2 is 2.00 bits per heavy atom. The van der Waals surface area contributed by atoms with Crippen LogP contribution in [0.15, 0.2) is 23.4 Å². The van der Waals surface area contributed by atoms with Crippen molar-refractivity contribution in [3.05, 3.63) is 34.9 Å². The van der Waals surface area contributed by atoms with Crippen LogP contribution in [0.3, 0.4) is 0 Å². The molecule has 20 heavy (non-hydrogen) atoms. The molecule has 4 heteroatoms. The molecule has 0 radical (unpaired) electrons. The first-order valence-corrected chi connectivity index (χ1v) is 7.24. The molecule has 0 aliphatic carbocycles. The third kappa shape index (κ3) is 5.21. The monoisotopic (exact) mass is 277 g/mol. The minimum Gasteiger partial charge on any atom is -0.409 e. The molecule has 0 bridgehead atoms. The molecule has 4 nitrogen and oxygen atoms in total. The van der Waals surface area contributed by atoms with Gasteiger partial charge >= 0.3 is 0 Å². The Morgan fingerprint density at radius 3 is 2.55 bits per heavy atom. The van der Waals surface area contributed by atoms with Gasteiger partial charge in [0, 0.05) is 18.2 Å². The molecule has 0 saturated carbocycles. The third-order valence-corrected chi connectivity index (χ3v) is 3.56. The molecular formula is C16H27N3O. The Labute approximate surface area is 122 Å². The van der Waals surface area contributed by atoms with Crippen LogP contribution in [0.2, 0.25) is 0 Å². The molecule has 1 rings (SSSR count). The number of oxime groups is 1. The van der Waals surface area contributed by atoms with Gasteiger partial charge in [0.15, 0.2) is 5.84 Å². The van der Waals surface area contributed by atoms with Crippen LogP contribution in [0.5, 0.6) is 0 Å². The van der Waals surface area contributed by atoms with Crippen LogP contribution in [0.1, 0.15) is 50.3 Å². The summed E-state index contributed by atoms with van der Waals surface area (Å²) in [5.74, 6) is 0.902. The summed E-state index contributed by atoms with van der Waals surface area (Å²) in [6.45, 7) is 9.62. The molecule has 1 aromatic carbocycles.